The van der Waals surface area contributed by atoms with Gasteiger partial charge in [0.25, 0.3) is 0 Å². The van der Waals surface area contributed by atoms with Gasteiger partial charge in [0.1, 0.15) is 10.9 Å². The smallest absolute Gasteiger partial charge is 0.857 e. The summed E-state index contributed by atoms with van der Waals surface area (Å²) in [6.45, 7) is 3.86. The maximum Gasteiger partial charge on any atom is 2.00 e. The van der Waals surface area contributed by atoms with Crippen LogP contribution in [0.5, 0.6) is 5.75 Å². The van der Waals surface area contributed by atoms with E-state index in [1.807, 2.05) is 38.1 Å². The van der Waals surface area contributed by atoms with Crippen molar-refractivity contribution in [3.05, 3.63) is 47.3 Å². The molecule has 1 atom stereocenters. The van der Waals surface area contributed by atoms with Crippen molar-refractivity contribution in [2.75, 3.05) is 14.2 Å². The van der Waals surface area contributed by atoms with Crippen LogP contribution < -0.4 is 14.8 Å². The van der Waals surface area contributed by atoms with Crippen molar-refractivity contribution in [2.24, 2.45) is 0 Å². The molecule has 0 fully saturated rings. The summed E-state index contributed by atoms with van der Waals surface area (Å²) in [6, 6.07) is 7.50. The summed E-state index contributed by atoms with van der Waals surface area (Å²) in [6.07, 6.45) is 1.74. The van der Waals surface area contributed by atoms with E-state index in [1.165, 1.54) is 0 Å². The minimum atomic E-state index is -1.33. The molecule has 1 aromatic carbocycles. The van der Waals surface area contributed by atoms with E-state index >= 15 is 0 Å². The van der Waals surface area contributed by atoms with Crippen molar-refractivity contribution in [2.45, 2.75) is 24.8 Å². The number of aryl methyl sites for hydroxylation is 1. The van der Waals surface area contributed by atoms with Crippen molar-refractivity contribution in [1.29, 1.82) is 0 Å². The van der Waals surface area contributed by atoms with Crippen molar-refractivity contribution in [1.82, 2.24) is 15.0 Å². The number of para-hydroxylation sites is 2. The van der Waals surface area contributed by atoms with E-state index in [1.54, 1.807) is 13.3 Å². The summed E-state index contributed by atoms with van der Waals surface area (Å²) in [5.41, 5.74) is 4.14. The summed E-state index contributed by atoms with van der Waals surface area (Å²) >= 11 is -1.33. The minimum absolute atomic E-state index is 0. The average Bonchev–Trinajstić information content (AvgIpc) is 3.04. The first-order chi connectivity index (χ1) is 11.6. The molecule has 0 saturated heterocycles. The van der Waals surface area contributed by atoms with Crippen molar-refractivity contribution in [3.63, 3.8) is 0 Å². The number of fused-ring (bicyclic) bond motifs is 1. The Morgan fingerprint density at radius 1 is 1.15 bits per heavy atom. The Morgan fingerprint density at radius 2 is 1.78 bits per heavy atom. The molecule has 3 aromatic rings. The second-order valence-electron chi connectivity index (χ2n) is 5.03. The van der Waals surface area contributed by atoms with Crippen molar-refractivity contribution < 1.29 is 25.3 Å². The third-order valence-corrected chi connectivity index (χ3v) is 4.66. The average molecular weight is 406 g/mol. The normalized spacial score (nSPS) is 10.4. The Hall–Kier alpha value is -1.40. The van der Waals surface area contributed by atoms with Gasteiger partial charge < -0.3 is 35.3 Å². The first kappa shape index (κ1) is 27.8. The number of rotatable bonds is 4. The summed E-state index contributed by atoms with van der Waals surface area (Å²) in [7, 11) is 2.38. The van der Waals surface area contributed by atoms with Crippen LogP contribution in [0, 0.1) is 13.8 Å². The summed E-state index contributed by atoms with van der Waals surface area (Å²) in [4.78, 5) is 13.0. The molecule has 27 heavy (non-hydrogen) atoms. The first-order valence-corrected chi connectivity index (χ1v) is 8.59. The number of imidazole rings is 1. The van der Waals surface area contributed by atoms with Gasteiger partial charge in [-0.05, 0) is 36.1 Å². The van der Waals surface area contributed by atoms with Crippen LogP contribution in [0.15, 0.2) is 35.6 Å². The van der Waals surface area contributed by atoms with Crippen LogP contribution in [-0.4, -0.2) is 62.7 Å². The number of benzene rings is 1. The van der Waals surface area contributed by atoms with Crippen LogP contribution >= 0.6 is 0 Å². The molecule has 0 radical (unpaired) electrons. The largest absolute Gasteiger partial charge is 2.00 e. The first-order valence-electron chi connectivity index (χ1n) is 7.28. The zero-order chi connectivity index (χ0) is 17.7. The summed E-state index contributed by atoms with van der Waals surface area (Å²) in [5, 5.41) is 8.60. The van der Waals surface area contributed by atoms with Crippen LogP contribution in [0.1, 0.15) is 16.8 Å². The SMILES string of the molecule is COc1c(C)cnc(C[S+]([O-])c2nc3ccccc3[n-]2)c1C.C[O-].O.O.[Mg+2]. The molecule has 0 aliphatic rings. The molecule has 1 unspecified atom stereocenters. The fourth-order valence-electron chi connectivity index (χ4n) is 2.39. The molecule has 10 heteroatoms. The number of aromatic nitrogens is 3. The molecule has 8 nitrogen and oxygen atoms in total. The van der Waals surface area contributed by atoms with Crippen LogP contribution in [0.4, 0.5) is 0 Å². The predicted molar refractivity (Wildman–Crippen MR) is 104 cm³/mol. The van der Waals surface area contributed by atoms with Gasteiger partial charge >= 0.3 is 23.1 Å². The van der Waals surface area contributed by atoms with Crippen molar-refractivity contribution >= 4 is 45.3 Å². The van der Waals surface area contributed by atoms with E-state index in [0.29, 0.717) is 5.16 Å². The molecule has 0 aliphatic heterocycles. The third kappa shape index (κ3) is 6.31. The number of pyridine rings is 1. The molecular formula is C17H23MgN3O5S. The van der Waals surface area contributed by atoms with E-state index in [0.717, 1.165) is 40.7 Å². The molecule has 4 N–H and O–H groups in total. The van der Waals surface area contributed by atoms with Crippen molar-refractivity contribution in [3.8, 4) is 5.75 Å². The number of hydrogen-bond acceptors (Lipinski definition) is 5. The molecule has 2 aromatic heterocycles. The molecule has 0 aliphatic carbocycles. The van der Waals surface area contributed by atoms with Gasteiger partial charge in [-0.25, -0.2) is 0 Å². The third-order valence-electron chi connectivity index (χ3n) is 3.54. The number of ether oxygens (including phenoxy) is 1. The summed E-state index contributed by atoms with van der Waals surface area (Å²) < 4.78 is 17.9. The maximum absolute atomic E-state index is 12.5. The predicted octanol–water partition coefficient (Wildman–Crippen LogP) is -0.533. The Kier molecular flexibility index (Phi) is 13.3. The fourth-order valence-corrected chi connectivity index (χ4v) is 3.46. The zero-order valence-electron chi connectivity index (χ0n) is 15.8. The quantitative estimate of drug-likeness (QED) is 0.419. The molecule has 0 saturated carbocycles. The molecule has 2 heterocycles. The second-order valence-corrected chi connectivity index (χ2v) is 6.38. The Bertz CT molecular complexity index is 798. The van der Waals surface area contributed by atoms with Gasteiger partial charge in [0, 0.05) is 17.3 Å². The van der Waals surface area contributed by atoms with Gasteiger partial charge in [-0.1, -0.05) is 24.3 Å². The molecule has 0 amide bonds. The van der Waals surface area contributed by atoms with E-state index in [9.17, 15) is 4.55 Å². The number of hydrogen-bond donors (Lipinski definition) is 0. The Morgan fingerprint density at radius 3 is 2.37 bits per heavy atom. The molecule has 3 rings (SSSR count). The van der Waals surface area contributed by atoms with E-state index in [2.05, 4.69) is 15.0 Å². The Balaban J connectivity index is 0. The number of methoxy groups -OCH3 is 1. The molecule has 0 bridgehead atoms. The van der Waals surface area contributed by atoms with Gasteiger partial charge in [0.2, 0.25) is 0 Å². The van der Waals surface area contributed by atoms with E-state index in [-0.39, 0.29) is 39.8 Å². The standard InChI is InChI=1S/C16H16N3O2S.CH3O.Mg.2H2O/c1-10-8-17-14(11(2)15(10)21-3)9-22(20)16-18-12-6-4-5-7-13(12)19-16;1-2;;;/h4-8H,9H2,1-3H3;1H3;;2*1H2/q2*-1;+2;;. The van der Waals surface area contributed by atoms with Gasteiger partial charge in [0.05, 0.1) is 12.8 Å². The summed E-state index contributed by atoms with van der Waals surface area (Å²) in [5.74, 6) is 1.06. The van der Waals surface area contributed by atoms with Crippen LogP contribution in [0.2, 0.25) is 0 Å². The minimum Gasteiger partial charge on any atom is -0.857 e. The molecular weight excluding hydrogens is 383 g/mol. The van der Waals surface area contributed by atoms with Crippen LogP contribution in [-0.2, 0) is 16.9 Å². The van der Waals surface area contributed by atoms with Gasteiger partial charge in [-0.15, -0.1) is 0 Å². The maximum atomic E-state index is 12.5. The molecule has 0 spiro atoms. The van der Waals surface area contributed by atoms with Crippen LogP contribution in [0.3, 0.4) is 0 Å². The van der Waals surface area contributed by atoms with Gasteiger partial charge in [0.15, 0.2) is 5.75 Å². The zero-order valence-corrected chi connectivity index (χ0v) is 18.0. The van der Waals surface area contributed by atoms with Crippen LogP contribution in [0.25, 0.3) is 11.0 Å². The van der Waals surface area contributed by atoms with Gasteiger partial charge in [-0.3, -0.25) is 4.98 Å². The Labute approximate surface area is 177 Å². The molecule has 144 valence electrons. The topological polar surface area (TPSA) is 158 Å². The number of nitrogens with zero attached hydrogens (tertiary/aromatic N) is 3. The fraction of sp³-hybridized carbons (Fsp3) is 0.294. The monoisotopic (exact) mass is 405 g/mol. The van der Waals surface area contributed by atoms with Gasteiger partial charge in [-0.2, -0.15) is 7.11 Å². The van der Waals surface area contributed by atoms with E-state index < -0.39 is 11.2 Å². The second kappa shape index (κ2) is 12.9. The van der Waals surface area contributed by atoms with E-state index in [4.69, 9.17) is 9.84 Å².